The van der Waals surface area contributed by atoms with Gasteiger partial charge in [-0.2, -0.15) is 0 Å². The van der Waals surface area contributed by atoms with Gasteiger partial charge >= 0.3 is 11.9 Å². The van der Waals surface area contributed by atoms with Crippen LogP contribution in [0.5, 0.6) is 0 Å². The monoisotopic (exact) mass is 532 g/mol. The van der Waals surface area contributed by atoms with E-state index in [0.717, 1.165) is 10.9 Å². The van der Waals surface area contributed by atoms with Crippen molar-refractivity contribution in [2.75, 3.05) is 13.1 Å². The van der Waals surface area contributed by atoms with E-state index >= 15 is 0 Å². The highest BCUT2D eigenvalue weighted by Gasteiger charge is 2.31. The molecule has 15 heteroatoms. The molecule has 0 saturated heterocycles. The number of rotatable bonds is 15. The van der Waals surface area contributed by atoms with Crippen LogP contribution < -0.4 is 33.2 Å². The minimum absolute atomic E-state index is 0.00550. The highest BCUT2D eigenvalue weighted by molar-refractivity contribution is 5.95. The number of carboxylic acid groups (broad SMARTS) is 2. The summed E-state index contributed by atoms with van der Waals surface area (Å²) in [5.41, 5.74) is 17.3. The summed E-state index contributed by atoms with van der Waals surface area (Å²) in [6, 6.07) is 3.06. The minimum atomic E-state index is -1.63. The molecule has 0 radical (unpaired) electrons. The van der Waals surface area contributed by atoms with Gasteiger partial charge in [0.25, 0.3) is 0 Å². The predicted octanol–water partition coefficient (Wildman–Crippen LogP) is -2.26. The van der Waals surface area contributed by atoms with E-state index in [9.17, 15) is 34.2 Å². The molecule has 15 nitrogen and oxygen atoms in total. The molecule has 38 heavy (non-hydrogen) atoms. The normalized spacial score (nSPS) is 13.1. The first kappa shape index (κ1) is 29.6. The first-order chi connectivity index (χ1) is 18.0. The SMILES string of the molecule is NCC(=O)NC(Cc1c[nH]c2ccccc12)C(=O)NC(CC(=O)O)C(=O)NC(CCCN=C(N)N)C(=O)O. The molecule has 0 bridgehead atoms. The van der Waals surface area contributed by atoms with E-state index < -0.39 is 60.8 Å². The number of hydrogen-bond acceptors (Lipinski definition) is 7. The van der Waals surface area contributed by atoms with E-state index in [0.29, 0.717) is 5.56 Å². The number of aromatic amines is 1. The molecule has 0 aliphatic heterocycles. The van der Waals surface area contributed by atoms with E-state index in [2.05, 4.69) is 25.9 Å². The summed E-state index contributed by atoms with van der Waals surface area (Å²) >= 11 is 0. The van der Waals surface area contributed by atoms with E-state index in [1.54, 1.807) is 12.3 Å². The van der Waals surface area contributed by atoms with E-state index in [-0.39, 0.29) is 31.8 Å². The number of nitrogens with zero attached hydrogens (tertiary/aromatic N) is 1. The van der Waals surface area contributed by atoms with Crippen LogP contribution in [0.15, 0.2) is 35.5 Å². The highest BCUT2D eigenvalue weighted by Crippen LogP contribution is 2.19. The largest absolute Gasteiger partial charge is 0.481 e. The Morgan fingerprint density at radius 1 is 0.947 bits per heavy atom. The molecule has 0 aliphatic rings. The van der Waals surface area contributed by atoms with E-state index in [4.69, 9.17) is 17.2 Å². The molecule has 3 unspecified atom stereocenters. The number of nitrogens with two attached hydrogens (primary N) is 3. The standard InChI is InChI=1S/C23H32N8O7/c24-10-18(32)29-16(8-12-11-28-14-5-2-1-4-13(12)14)20(35)31-17(9-19(33)34)21(36)30-15(22(37)38)6-3-7-27-23(25)26/h1-2,4-5,11,15-17,28H,3,6-10,24H2,(H,29,32)(H,30,36)(H,31,35)(H,33,34)(H,37,38)(H4,25,26,27). The Morgan fingerprint density at radius 3 is 2.24 bits per heavy atom. The average molecular weight is 533 g/mol. The quantitative estimate of drug-likeness (QED) is 0.0674. The van der Waals surface area contributed by atoms with Crippen LogP contribution in [0.3, 0.4) is 0 Å². The summed E-state index contributed by atoms with van der Waals surface area (Å²) in [5.74, 6) is -5.46. The summed E-state index contributed by atoms with van der Waals surface area (Å²) in [6.07, 6.45) is 0.999. The molecule has 2 aromatic rings. The summed E-state index contributed by atoms with van der Waals surface area (Å²) in [7, 11) is 0. The zero-order valence-corrected chi connectivity index (χ0v) is 20.5. The third-order valence-electron chi connectivity index (χ3n) is 5.51. The number of hydrogen-bond donors (Lipinski definition) is 9. The lowest BCUT2D eigenvalue weighted by molar-refractivity contribution is -0.143. The lowest BCUT2D eigenvalue weighted by atomic mass is 10.0. The molecule has 0 fully saturated rings. The van der Waals surface area contributed by atoms with Crippen molar-refractivity contribution in [3.63, 3.8) is 0 Å². The second-order valence-corrected chi connectivity index (χ2v) is 8.40. The fourth-order valence-corrected chi connectivity index (χ4v) is 3.67. The highest BCUT2D eigenvalue weighted by atomic mass is 16.4. The molecule has 2 rings (SSSR count). The van der Waals surface area contributed by atoms with Crippen LogP contribution in [0, 0.1) is 0 Å². The number of benzene rings is 1. The lowest BCUT2D eigenvalue weighted by Crippen LogP contribution is -2.57. The molecule has 1 aromatic carbocycles. The van der Waals surface area contributed by atoms with Gasteiger partial charge in [-0.25, -0.2) is 4.79 Å². The summed E-state index contributed by atoms with van der Waals surface area (Å²) < 4.78 is 0. The van der Waals surface area contributed by atoms with Crippen molar-refractivity contribution in [3.8, 4) is 0 Å². The molecule has 0 aliphatic carbocycles. The van der Waals surface area contributed by atoms with Gasteiger partial charge < -0.3 is 48.3 Å². The number of carbonyl (C=O) groups is 5. The van der Waals surface area contributed by atoms with Crippen LogP contribution >= 0.6 is 0 Å². The van der Waals surface area contributed by atoms with Crippen molar-refractivity contribution >= 4 is 46.5 Å². The van der Waals surface area contributed by atoms with Gasteiger partial charge in [0, 0.05) is 30.1 Å². The minimum Gasteiger partial charge on any atom is -0.481 e. The zero-order valence-electron chi connectivity index (χ0n) is 20.5. The number of aliphatic imine (C=N–C) groups is 1. The van der Waals surface area contributed by atoms with Gasteiger partial charge in [0.2, 0.25) is 17.7 Å². The number of aromatic nitrogens is 1. The van der Waals surface area contributed by atoms with Crippen molar-refractivity contribution in [1.29, 1.82) is 0 Å². The van der Waals surface area contributed by atoms with E-state index in [1.165, 1.54) is 0 Å². The Morgan fingerprint density at radius 2 is 1.61 bits per heavy atom. The molecular weight excluding hydrogens is 500 g/mol. The molecule has 3 amide bonds. The number of nitrogens with one attached hydrogen (secondary N) is 4. The van der Waals surface area contributed by atoms with Crippen molar-refractivity contribution in [2.45, 2.75) is 43.8 Å². The topological polar surface area (TPSA) is 268 Å². The average Bonchev–Trinajstić information content (AvgIpc) is 3.26. The van der Waals surface area contributed by atoms with Crippen LogP contribution in [0.1, 0.15) is 24.8 Å². The van der Waals surface area contributed by atoms with Gasteiger partial charge in [-0.1, -0.05) is 18.2 Å². The first-order valence-electron chi connectivity index (χ1n) is 11.7. The van der Waals surface area contributed by atoms with Gasteiger partial charge in [-0.3, -0.25) is 24.2 Å². The summed E-state index contributed by atoms with van der Waals surface area (Å²) in [4.78, 5) is 67.8. The number of carbonyl (C=O) groups excluding carboxylic acids is 3. The molecule has 0 spiro atoms. The summed E-state index contributed by atoms with van der Waals surface area (Å²) in [6.45, 7) is -0.287. The van der Waals surface area contributed by atoms with Gasteiger partial charge in [0.1, 0.15) is 18.1 Å². The molecule has 12 N–H and O–H groups in total. The molecule has 1 aromatic heterocycles. The fourth-order valence-electron chi connectivity index (χ4n) is 3.67. The Kier molecular flexibility index (Phi) is 11.0. The number of carboxylic acids is 2. The molecule has 3 atom stereocenters. The Bertz CT molecular complexity index is 1190. The Balaban J connectivity index is 2.18. The second-order valence-electron chi connectivity index (χ2n) is 8.40. The third-order valence-corrected chi connectivity index (χ3v) is 5.51. The number of guanidine groups is 1. The summed E-state index contributed by atoms with van der Waals surface area (Å²) in [5, 5.41) is 26.6. The Labute approximate surface area is 217 Å². The van der Waals surface area contributed by atoms with Crippen molar-refractivity contribution in [2.24, 2.45) is 22.2 Å². The molecule has 1 heterocycles. The van der Waals surface area contributed by atoms with Crippen molar-refractivity contribution < 1.29 is 34.2 Å². The first-order valence-corrected chi connectivity index (χ1v) is 11.7. The lowest BCUT2D eigenvalue weighted by Gasteiger charge is -2.23. The molecular formula is C23H32N8O7. The van der Waals surface area contributed by atoms with Crippen LogP contribution in [0.2, 0.25) is 0 Å². The smallest absolute Gasteiger partial charge is 0.326 e. The number of aliphatic carboxylic acids is 2. The van der Waals surface area contributed by atoms with Crippen molar-refractivity contribution in [1.82, 2.24) is 20.9 Å². The number of para-hydroxylation sites is 1. The van der Waals surface area contributed by atoms with Crippen LogP contribution in [-0.4, -0.2) is 82.0 Å². The fraction of sp³-hybridized carbons (Fsp3) is 0.391. The predicted molar refractivity (Wildman–Crippen MR) is 137 cm³/mol. The number of amides is 3. The third kappa shape index (κ3) is 9.09. The van der Waals surface area contributed by atoms with Crippen LogP contribution in [-0.2, 0) is 30.4 Å². The van der Waals surface area contributed by atoms with E-state index in [1.807, 2.05) is 18.2 Å². The van der Waals surface area contributed by atoms with Gasteiger partial charge in [-0.05, 0) is 24.5 Å². The van der Waals surface area contributed by atoms with Crippen LogP contribution in [0.25, 0.3) is 10.9 Å². The van der Waals surface area contributed by atoms with Gasteiger partial charge in [0.05, 0.1) is 13.0 Å². The maximum Gasteiger partial charge on any atom is 0.326 e. The second kappa shape index (κ2) is 14.2. The maximum absolute atomic E-state index is 13.1. The molecule has 206 valence electrons. The zero-order chi connectivity index (χ0) is 28.2. The number of fused-ring (bicyclic) bond motifs is 1. The number of H-pyrrole nitrogens is 1. The Hall–Kier alpha value is -4.66. The van der Waals surface area contributed by atoms with Gasteiger partial charge in [-0.15, -0.1) is 0 Å². The van der Waals surface area contributed by atoms with Crippen LogP contribution in [0.4, 0.5) is 0 Å². The van der Waals surface area contributed by atoms with Crippen molar-refractivity contribution in [3.05, 3.63) is 36.0 Å². The molecule has 0 saturated carbocycles. The maximum atomic E-state index is 13.1. The van der Waals surface area contributed by atoms with Gasteiger partial charge in [0.15, 0.2) is 5.96 Å².